The molecule has 1 aromatic carbocycles. The van der Waals surface area contributed by atoms with Crippen LogP contribution in [-0.4, -0.2) is 34.4 Å². The molecule has 0 radical (unpaired) electrons. The molecule has 0 spiro atoms. The molecule has 3 rings (SSSR count). The lowest BCUT2D eigenvalue weighted by molar-refractivity contribution is -0.126. The summed E-state index contributed by atoms with van der Waals surface area (Å²) in [4.78, 5) is 26.8. The normalized spacial score (nSPS) is 15.2. The van der Waals surface area contributed by atoms with Crippen molar-refractivity contribution in [1.82, 2.24) is 14.8 Å². The Kier molecular flexibility index (Phi) is 5.22. The highest BCUT2D eigenvalue weighted by Crippen LogP contribution is 2.20. The number of nitrogens with one attached hydrogen (secondary N) is 1. The molecule has 0 unspecified atom stereocenters. The Bertz CT molecular complexity index is 744. The van der Waals surface area contributed by atoms with E-state index in [4.69, 9.17) is 0 Å². The molecule has 1 fully saturated rings. The highest BCUT2D eigenvalue weighted by atomic mass is 16.2. The lowest BCUT2D eigenvalue weighted by Gasteiger charge is -2.31. The maximum atomic E-state index is 12.6. The van der Waals surface area contributed by atoms with E-state index < -0.39 is 0 Å². The van der Waals surface area contributed by atoms with Crippen molar-refractivity contribution >= 4 is 11.8 Å². The Morgan fingerprint density at radius 2 is 1.76 bits per heavy atom. The Hall–Kier alpha value is -2.56. The zero-order valence-corrected chi connectivity index (χ0v) is 14.9. The fourth-order valence-electron chi connectivity index (χ4n) is 3.26. The monoisotopic (exact) mass is 339 g/mol. The smallest absolute Gasteiger partial charge is 0.270 e. The van der Waals surface area contributed by atoms with Gasteiger partial charge in [-0.1, -0.05) is 30.3 Å². The molecule has 2 amide bonds. The van der Waals surface area contributed by atoms with Crippen LogP contribution in [0.3, 0.4) is 0 Å². The number of hydrogen-bond donors (Lipinski definition) is 1. The van der Waals surface area contributed by atoms with Crippen LogP contribution in [0.5, 0.6) is 0 Å². The minimum Gasteiger partial charge on any atom is -0.352 e. The van der Waals surface area contributed by atoms with Gasteiger partial charge >= 0.3 is 0 Å². The van der Waals surface area contributed by atoms with Crippen LogP contribution in [0.2, 0.25) is 0 Å². The molecule has 0 aliphatic carbocycles. The van der Waals surface area contributed by atoms with Gasteiger partial charge in [0.1, 0.15) is 5.69 Å². The summed E-state index contributed by atoms with van der Waals surface area (Å²) in [5, 5.41) is 3.01. The summed E-state index contributed by atoms with van der Waals surface area (Å²) in [5.74, 6) is 0.132. The predicted molar refractivity (Wildman–Crippen MR) is 97.1 cm³/mol. The van der Waals surface area contributed by atoms with E-state index >= 15 is 0 Å². The van der Waals surface area contributed by atoms with E-state index in [1.165, 1.54) is 0 Å². The van der Waals surface area contributed by atoms with Gasteiger partial charge in [-0.2, -0.15) is 0 Å². The summed E-state index contributed by atoms with van der Waals surface area (Å²) >= 11 is 0. The largest absolute Gasteiger partial charge is 0.352 e. The molecule has 1 N–H and O–H groups in total. The number of nitrogens with zero attached hydrogens (tertiary/aromatic N) is 2. The van der Waals surface area contributed by atoms with Crippen LogP contribution in [-0.2, 0) is 18.4 Å². The number of amides is 2. The van der Waals surface area contributed by atoms with E-state index in [1.54, 1.807) is 0 Å². The zero-order chi connectivity index (χ0) is 17.8. The van der Waals surface area contributed by atoms with Gasteiger partial charge in [0.15, 0.2) is 0 Å². The first-order valence-corrected chi connectivity index (χ1v) is 8.79. The zero-order valence-electron chi connectivity index (χ0n) is 14.9. The SMILES string of the molecule is Cc1ccc(C(=O)N2CCC(C(=O)NCc3ccccc3)CC2)n1C. The second kappa shape index (κ2) is 7.55. The Morgan fingerprint density at radius 3 is 2.36 bits per heavy atom. The molecular formula is C20H25N3O2. The van der Waals surface area contributed by atoms with E-state index in [1.807, 2.05) is 65.9 Å². The quantitative estimate of drug-likeness (QED) is 0.930. The van der Waals surface area contributed by atoms with Crippen molar-refractivity contribution < 1.29 is 9.59 Å². The van der Waals surface area contributed by atoms with Crippen molar-refractivity contribution in [3.8, 4) is 0 Å². The fourth-order valence-corrected chi connectivity index (χ4v) is 3.26. The fraction of sp³-hybridized carbons (Fsp3) is 0.400. The summed E-state index contributed by atoms with van der Waals surface area (Å²) < 4.78 is 1.92. The van der Waals surface area contributed by atoms with E-state index in [9.17, 15) is 9.59 Å². The summed E-state index contributed by atoms with van der Waals surface area (Å²) in [6, 6.07) is 13.7. The van der Waals surface area contributed by atoms with Gasteiger partial charge in [-0.3, -0.25) is 9.59 Å². The van der Waals surface area contributed by atoms with Crippen molar-refractivity contribution in [2.24, 2.45) is 13.0 Å². The molecule has 0 saturated carbocycles. The third-order valence-corrected chi connectivity index (χ3v) is 5.05. The topological polar surface area (TPSA) is 54.3 Å². The number of aryl methyl sites for hydroxylation is 1. The lowest BCUT2D eigenvalue weighted by Crippen LogP contribution is -2.43. The van der Waals surface area contributed by atoms with Crippen LogP contribution in [0.1, 0.15) is 34.6 Å². The minimum atomic E-state index is -0.0112. The molecule has 2 heterocycles. The van der Waals surface area contributed by atoms with Crippen LogP contribution in [0.25, 0.3) is 0 Å². The van der Waals surface area contributed by atoms with E-state index in [0.29, 0.717) is 25.3 Å². The van der Waals surface area contributed by atoms with Gasteiger partial charge in [-0.05, 0) is 37.5 Å². The Labute approximate surface area is 148 Å². The average Bonchev–Trinajstić information content (AvgIpc) is 2.99. The number of aromatic nitrogens is 1. The first-order chi connectivity index (χ1) is 12.1. The highest BCUT2D eigenvalue weighted by molar-refractivity contribution is 5.93. The molecular weight excluding hydrogens is 314 g/mol. The van der Waals surface area contributed by atoms with Crippen LogP contribution >= 0.6 is 0 Å². The van der Waals surface area contributed by atoms with Crippen molar-refractivity contribution in [3.63, 3.8) is 0 Å². The van der Waals surface area contributed by atoms with E-state index in [-0.39, 0.29) is 17.7 Å². The first-order valence-electron chi connectivity index (χ1n) is 8.79. The molecule has 1 aliphatic rings. The molecule has 1 saturated heterocycles. The minimum absolute atomic E-state index is 0.0112. The molecule has 0 bridgehead atoms. The second-order valence-electron chi connectivity index (χ2n) is 6.69. The van der Waals surface area contributed by atoms with Crippen LogP contribution in [0.15, 0.2) is 42.5 Å². The highest BCUT2D eigenvalue weighted by Gasteiger charge is 2.28. The number of rotatable bonds is 4. The summed E-state index contributed by atoms with van der Waals surface area (Å²) in [7, 11) is 1.91. The summed E-state index contributed by atoms with van der Waals surface area (Å²) in [5.41, 5.74) is 2.88. The van der Waals surface area contributed by atoms with Gasteiger partial charge in [0.2, 0.25) is 5.91 Å². The maximum absolute atomic E-state index is 12.6. The van der Waals surface area contributed by atoms with E-state index in [0.717, 1.165) is 24.1 Å². The molecule has 1 aliphatic heterocycles. The molecule has 0 atom stereocenters. The standard InChI is InChI=1S/C20H25N3O2/c1-15-8-9-18(22(15)2)20(25)23-12-10-17(11-13-23)19(24)21-14-16-6-4-3-5-7-16/h3-9,17H,10-14H2,1-2H3,(H,21,24). The number of benzene rings is 1. The van der Waals surface area contributed by atoms with Crippen molar-refractivity contribution in [1.29, 1.82) is 0 Å². The number of piperidine rings is 1. The number of likely N-dealkylation sites (tertiary alicyclic amines) is 1. The third kappa shape index (κ3) is 3.92. The summed E-state index contributed by atoms with van der Waals surface area (Å²) in [6.45, 7) is 3.81. The number of hydrogen-bond acceptors (Lipinski definition) is 2. The maximum Gasteiger partial charge on any atom is 0.270 e. The van der Waals surface area contributed by atoms with Gasteiger partial charge in [-0.25, -0.2) is 0 Å². The molecule has 25 heavy (non-hydrogen) atoms. The predicted octanol–water partition coefficient (Wildman–Crippen LogP) is 2.50. The second-order valence-corrected chi connectivity index (χ2v) is 6.69. The Morgan fingerprint density at radius 1 is 1.08 bits per heavy atom. The lowest BCUT2D eigenvalue weighted by atomic mass is 9.95. The van der Waals surface area contributed by atoms with Gasteiger partial charge < -0.3 is 14.8 Å². The number of carbonyl (C=O) groups is 2. The van der Waals surface area contributed by atoms with Crippen molar-refractivity contribution in [3.05, 3.63) is 59.4 Å². The van der Waals surface area contributed by atoms with Gasteiger partial charge in [0.05, 0.1) is 0 Å². The number of carbonyl (C=O) groups excluding carboxylic acids is 2. The third-order valence-electron chi connectivity index (χ3n) is 5.05. The molecule has 2 aromatic rings. The molecule has 1 aromatic heterocycles. The van der Waals surface area contributed by atoms with E-state index in [2.05, 4.69) is 5.32 Å². The van der Waals surface area contributed by atoms with Crippen LogP contribution in [0.4, 0.5) is 0 Å². The molecule has 5 heteroatoms. The Balaban J connectivity index is 1.50. The van der Waals surface area contributed by atoms with Gasteiger partial charge in [-0.15, -0.1) is 0 Å². The van der Waals surface area contributed by atoms with Crippen LogP contribution < -0.4 is 5.32 Å². The molecule has 132 valence electrons. The summed E-state index contributed by atoms with van der Waals surface area (Å²) in [6.07, 6.45) is 1.44. The molecule has 5 nitrogen and oxygen atoms in total. The van der Waals surface area contributed by atoms with Crippen molar-refractivity contribution in [2.45, 2.75) is 26.3 Å². The van der Waals surface area contributed by atoms with Gasteiger partial charge in [0, 0.05) is 38.3 Å². The van der Waals surface area contributed by atoms with Crippen LogP contribution in [0, 0.1) is 12.8 Å². The van der Waals surface area contributed by atoms with Crippen molar-refractivity contribution in [2.75, 3.05) is 13.1 Å². The average molecular weight is 339 g/mol. The first kappa shape index (κ1) is 17.3. The van der Waals surface area contributed by atoms with Gasteiger partial charge in [0.25, 0.3) is 5.91 Å².